The molecule has 7 heteroatoms. The zero-order valence-electron chi connectivity index (χ0n) is 13.1. The molecule has 0 aromatic heterocycles. The standard InChI is InChI=1S/C15H20O7/c1-5-20-11-9(14(16)17)8(4)10(15(18)19)12(21-6-2)13(11)22-7-3/h5-7H2,1-4H3,(H,16,17)(H,18,19). The minimum Gasteiger partial charge on any atom is -0.489 e. The van der Waals surface area contributed by atoms with Crippen molar-refractivity contribution in [2.45, 2.75) is 27.7 Å². The topological polar surface area (TPSA) is 102 Å². The average molecular weight is 312 g/mol. The largest absolute Gasteiger partial charge is 0.489 e. The van der Waals surface area contributed by atoms with Gasteiger partial charge in [0.25, 0.3) is 0 Å². The molecule has 0 amide bonds. The Morgan fingerprint density at radius 1 is 0.773 bits per heavy atom. The van der Waals surface area contributed by atoms with Crippen molar-refractivity contribution in [3.63, 3.8) is 0 Å². The van der Waals surface area contributed by atoms with E-state index in [1.165, 1.54) is 6.92 Å². The summed E-state index contributed by atoms with van der Waals surface area (Å²) in [6.45, 7) is 7.13. The maximum Gasteiger partial charge on any atom is 0.339 e. The monoisotopic (exact) mass is 312 g/mol. The highest BCUT2D eigenvalue weighted by molar-refractivity contribution is 6.02. The Morgan fingerprint density at radius 3 is 1.36 bits per heavy atom. The lowest BCUT2D eigenvalue weighted by Gasteiger charge is -2.21. The molecule has 2 N–H and O–H groups in total. The molecular formula is C15H20O7. The van der Waals surface area contributed by atoms with Crippen LogP contribution in [0.5, 0.6) is 17.2 Å². The zero-order chi connectivity index (χ0) is 16.9. The lowest BCUT2D eigenvalue weighted by molar-refractivity contribution is 0.0688. The first-order valence-electron chi connectivity index (χ1n) is 6.96. The normalized spacial score (nSPS) is 10.2. The third-order valence-electron chi connectivity index (χ3n) is 2.91. The highest BCUT2D eigenvalue weighted by atomic mass is 16.5. The molecular weight excluding hydrogens is 292 g/mol. The fourth-order valence-electron chi connectivity index (χ4n) is 2.15. The summed E-state index contributed by atoms with van der Waals surface area (Å²) in [5, 5.41) is 18.8. The molecule has 7 nitrogen and oxygen atoms in total. The maximum absolute atomic E-state index is 11.5. The molecule has 0 heterocycles. The number of carboxylic acid groups (broad SMARTS) is 2. The number of aromatic carboxylic acids is 2. The fourth-order valence-corrected chi connectivity index (χ4v) is 2.15. The predicted octanol–water partition coefficient (Wildman–Crippen LogP) is 2.59. The van der Waals surface area contributed by atoms with Crippen LogP contribution in [0, 0.1) is 6.92 Å². The molecule has 1 aromatic carbocycles. The van der Waals surface area contributed by atoms with Gasteiger partial charge in [-0.1, -0.05) is 0 Å². The van der Waals surface area contributed by atoms with Gasteiger partial charge in [0.05, 0.1) is 19.8 Å². The van der Waals surface area contributed by atoms with Gasteiger partial charge >= 0.3 is 11.9 Å². The molecule has 0 saturated heterocycles. The summed E-state index contributed by atoms with van der Waals surface area (Å²) >= 11 is 0. The van der Waals surface area contributed by atoms with E-state index in [-0.39, 0.29) is 53.8 Å². The molecule has 0 spiro atoms. The Kier molecular flexibility index (Phi) is 6.03. The number of rotatable bonds is 8. The number of benzene rings is 1. The Balaban J connectivity index is 3.87. The molecule has 0 unspecified atom stereocenters. The number of hydrogen-bond acceptors (Lipinski definition) is 5. The Morgan fingerprint density at radius 2 is 1.09 bits per heavy atom. The number of hydrogen-bond donors (Lipinski definition) is 2. The Labute approximate surface area is 128 Å². The zero-order valence-corrected chi connectivity index (χ0v) is 13.1. The second-order valence-electron chi connectivity index (χ2n) is 4.27. The van der Waals surface area contributed by atoms with Crippen LogP contribution in [-0.4, -0.2) is 42.0 Å². The molecule has 0 saturated carbocycles. The van der Waals surface area contributed by atoms with Crippen LogP contribution >= 0.6 is 0 Å². The molecule has 1 rings (SSSR count). The molecule has 122 valence electrons. The second kappa shape index (κ2) is 7.53. The van der Waals surface area contributed by atoms with Crippen LogP contribution in [0.25, 0.3) is 0 Å². The first-order chi connectivity index (χ1) is 10.4. The van der Waals surface area contributed by atoms with Crippen molar-refractivity contribution in [3.8, 4) is 17.2 Å². The van der Waals surface area contributed by atoms with Crippen molar-refractivity contribution in [2.24, 2.45) is 0 Å². The first-order valence-corrected chi connectivity index (χ1v) is 6.96. The third kappa shape index (κ3) is 3.24. The predicted molar refractivity (Wildman–Crippen MR) is 78.6 cm³/mol. The van der Waals surface area contributed by atoms with Gasteiger partial charge in [-0.15, -0.1) is 0 Å². The second-order valence-corrected chi connectivity index (χ2v) is 4.27. The molecule has 0 atom stereocenters. The molecule has 22 heavy (non-hydrogen) atoms. The van der Waals surface area contributed by atoms with Gasteiger partial charge in [0.2, 0.25) is 5.75 Å². The maximum atomic E-state index is 11.5. The first kappa shape index (κ1) is 17.6. The summed E-state index contributed by atoms with van der Waals surface area (Å²) in [7, 11) is 0. The van der Waals surface area contributed by atoms with Crippen LogP contribution in [0.1, 0.15) is 47.1 Å². The van der Waals surface area contributed by atoms with Gasteiger partial charge < -0.3 is 24.4 Å². The smallest absolute Gasteiger partial charge is 0.339 e. The number of ether oxygens (including phenoxy) is 3. The lowest BCUT2D eigenvalue weighted by atomic mass is 9.98. The summed E-state index contributed by atoms with van der Waals surface area (Å²) < 4.78 is 16.2. The van der Waals surface area contributed by atoms with E-state index >= 15 is 0 Å². The quantitative estimate of drug-likeness (QED) is 0.760. The van der Waals surface area contributed by atoms with Crippen molar-refractivity contribution in [1.82, 2.24) is 0 Å². The Bertz CT molecular complexity index is 533. The van der Waals surface area contributed by atoms with Crippen LogP contribution < -0.4 is 14.2 Å². The van der Waals surface area contributed by atoms with Gasteiger partial charge in [0.1, 0.15) is 11.1 Å². The number of carboxylic acids is 2. The van der Waals surface area contributed by atoms with E-state index in [1.807, 2.05) is 0 Å². The van der Waals surface area contributed by atoms with E-state index in [0.29, 0.717) is 0 Å². The minimum absolute atomic E-state index is 0.00611. The molecule has 0 fully saturated rings. The SMILES string of the molecule is CCOc1c(OCC)c(C(=O)O)c(C)c(C(=O)O)c1OCC. The van der Waals surface area contributed by atoms with Crippen molar-refractivity contribution in [3.05, 3.63) is 16.7 Å². The average Bonchev–Trinajstić information content (AvgIpc) is 2.42. The fraction of sp³-hybridized carbons (Fsp3) is 0.467. The van der Waals surface area contributed by atoms with Gasteiger partial charge in [-0.3, -0.25) is 0 Å². The Hall–Kier alpha value is -2.44. The minimum atomic E-state index is -1.28. The van der Waals surface area contributed by atoms with Crippen molar-refractivity contribution >= 4 is 11.9 Å². The molecule has 0 aliphatic heterocycles. The summed E-state index contributed by atoms with van der Waals surface area (Å²) in [5.41, 5.74) is -0.396. The van der Waals surface area contributed by atoms with Crippen LogP contribution in [0.2, 0.25) is 0 Å². The van der Waals surface area contributed by atoms with E-state index in [4.69, 9.17) is 14.2 Å². The van der Waals surface area contributed by atoms with E-state index in [9.17, 15) is 19.8 Å². The van der Waals surface area contributed by atoms with Gasteiger partial charge in [-0.25, -0.2) is 9.59 Å². The van der Waals surface area contributed by atoms with Crippen molar-refractivity contribution < 1.29 is 34.0 Å². The van der Waals surface area contributed by atoms with Gasteiger partial charge in [-0.05, 0) is 33.3 Å². The van der Waals surface area contributed by atoms with Crippen LogP contribution in [0.15, 0.2) is 0 Å². The molecule has 0 aliphatic carbocycles. The van der Waals surface area contributed by atoms with Crippen LogP contribution in [-0.2, 0) is 0 Å². The van der Waals surface area contributed by atoms with E-state index in [2.05, 4.69) is 0 Å². The van der Waals surface area contributed by atoms with E-state index in [1.54, 1.807) is 20.8 Å². The molecule has 0 aliphatic rings. The summed E-state index contributed by atoms with van der Waals surface area (Å²) in [6, 6.07) is 0. The van der Waals surface area contributed by atoms with Gasteiger partial charge in [0, 0.05) is 0 Å². The lowest BCUT2D eigenvalue weighted by Crippen LogP contribution is -2.15. The molecule has 0 bridgehead atoms. The highest BCUT2D eigenvalue weighted by Gasteiger charge is 2.31. The third-order valence-corrected chi connectivity index (χ3v) is 2.91. The van der Waals surface area contributed by atoms with E-state index in [0.717, 1.165) is 0 Å². The van der Waals surface area contributed by atoms with Gasteiger partial charge in [-0.2, -0.15) is 0 Å². The van der Waals surface area contributed by atoms with Crippen LogP contribution in [0.3, 0.4) is 0 Å². The summed E-state index contributed by atoms with van der Waals surface area (Å²) in [4.78, 5) is 23.1. The molecule has 0 radical (unpaired) electrons. The van der Waals surface area contributed by atoms with Crippen LogP contribution in [0.4, 0.5) is 0 Å². The number of carbonyl (C=O) groups is 2. The van der Waals surface area contributed by atoms with Gasteiger partial charge in [0.15, 0.2) is 11.5 Å². The van der Waals surface area contributed by atoms with Crippen molar-refractivity contribution in [1.29, 1.82) is 0 Å². The summed E-state index contributed by atoms with van der Waals surface area (Å²) in [5.74, 6) is -2.59. The van der Waals surface area contributed by atoms with E-state index < -0.39 is 11.9 Å². The van der Waals surface area contributed by atoms with Crippen molar-refractivity contribution in [2.75, 3.05) is 19.8 Å². The molecule has 1 aromatic rings. The summed E-state index contributed by atoms with van der Waals surface area (Å²) in [6.07, 6.45) is 0. The highest BCUT2D eigenvalue weighted by Crippen LogP contribution is 2.45.